The Morgan fingerprint density at radius 3 is 2.44 bits per heavy atom. The number of benzene rings is 3. The molecule has 256 valence electrons. The monoisotopic (exact) mass is 793 g/mol. The van der Waals surface area contributed by atoms with E-state index in [0.29, 0.717) is 34.1 Å². The van der Waals surface area contributed by atoms with Gasteiger partial charge in [0.25, 0.3) is 5.91 Å². The molecule has 2 bridgehead atoms. The second kappa shape index (κ2) is 13.0. The van der Waals surface area contributed by atoms with Gasteiger partial charge in [-0.2, -0.15) is 0 Å². The van der Waals surface area contributed by atoms with Gasteiger partial charge >= 0.3 is 10.8 Å². The van der Waals surface area contributed by atoms with Gasteiger partial charge in [0.2, 0.25) is 11.8 Å². The number of ether oxygens (including phenoxy) is 2. The number of nitrogens with one attached hydrogen (secondary N) is 2. The second-order valence-corrected chi connectivity index (χ2v) is 16.3. The molecule has 4 aromatic rings. The molecule has 8 rings (SSSR count). The van der Waals surface area contributed by atoms with Crippen LogP contribution in [0.3, 0.4) is 0 Å². The molecule has 14 heteroatoms. The van der Waals surface area contributed by atoms with Gasteiger partial charge in [0.05, 0.1) is 34.7 Å². The molecule has 10 nitrogen and oxygen atoms in total. The number of hydrogen-bond donors (Lipinski definition) is 2. The number of imide groups is 1. The number of aromatic nitrogens is 1. The number of carbonyl (C=O) groups excluding carboxylic acids is 4. The molecule has 2 saturated carbocycles. The molecule has 2 N–H and O–H groups in total. The van der Waals surface area contributed by atoms with Gasteiger partial charge in [0.15, 0.2) is 6.61 Å². The van der Waals surface area contributed by atoms with Crippen molar-refractivity contribution in [3.8, 4) is 5.75 Å². The molecule has 0 radical (unpaired) electrons. The number of carbonyl (C=O) groups is 4. The number of hydrogen-bond acceptors (Lipinski definition) is 9. The first-order chi connectivity index (χ1) is 24.1. The third kappa shape index (κ3) is 5.58. The summed E-state index contributed by atoms with van der Waals surface area (Å²) in [5.74, 6) is -2.38. The summed E-state index contributed by atoms with van der Waals surface area (Å²) in [6, 6.07) is 18.8. The molecule has 3 aromatic carbocycles. The fourth-order valence-electron chi connectivity index (χ4n) is 8.35. The molecule has 1 saturated heterocycles. The van der Waals surface area contributed by atoms with Crippen molar-refractivity contribution in [3.63, 3.8) is 0 Å². The molecule has 1 aromatic heterocycles. The maximum atomic E-state index is 14.2. The minimum atomic E-state index is -0.513. The minimum absolute atomic E-state index is 0.0353. The first-order valence-electron chi connectivity index (χ1n) is 16.1. The Labute approximate surface area is 308 Å². The third-order valence-electron chi connectivity index (χ3n) is 10.2. The van der Waals surface area contributed by atoms with Crippen molar-refractivity contribution in [2.75, 3.05) is 23.4 Å². The smallest absolute Gasteiger partial charge is 0.338 e. The lowest BCUT2D eigenvalue weighted by atomic mass is 9.68. The van der Waals surface area contributed by atoms with Crippen molar-refractivity contribution in [1.29, 1.82) is 0 Å². The maximum absolute atomic E-state index is 14.2. The van der Waals surface area contributed by atoms with Gasteiger partial charge in [0.1, 0.15) is 5.75 Å². The number of anilines is 2. The van der Waals surface area contributed by atoms with Crippen LogP contribution in [0.4, 0.5) is 11.4 Å². The third-order valence-corrected chi connectivity index (χ3v) is 13.5. The zero-order chi connectivity index (χ0) is 34.8. The fourth-order valence-corrected chi connectivity index (χ4v) is 11.7. The highest BCUT2D eigenvalue weighted by molar-refractivity contribution is 9.10. The van der Waals surface area contributed by atoms with Gasteiger partial charge in [-0.1, -0.05) is 38.9 Å². The number of fused-ring (bicyclic) bond motifs is 9. The SMILES string of the molecule is CCOC(=O)c1ccc(N2C(=O)C3C4CC(C3C2=O)C2C4Sc3[nH]c(=O)sc3[C@@H]2c2cc(Br)ccc2OCC(=O)Nc2ccc(Cl)cc2)cc1. The Balaban J connectivity index is 1.11. The molecule has 4 aliphatic rings. The molecule has 2 aliphatic carbocycles. The van der Waals surface area contributed by atoms with Crippen LogP contribution in [-0.2, 0) is 19.1 Å². The fraction of sp³-hybridized carbons (Fsp3) is 0.306. The highest BCUT2D eigenvalue weighted by Crippen LogP contribution is 2.69. The molecule has 50 heavy (non-hydrogen) atoms. The summed E-state index contributed by atoms with van der Waals surface area (Å²) in [5, 5.41) is 4.11. The summed E-state index contributed by atoms with van der Waals surface area (Å²) < 4.78 is 12.1. The predicted octanol–water partition coefficient (Wildman–Crippen LogP) is 6.72. The van der Waals surface area contributed by atoms with Gasteiger partial charge < -0.3 is 19.8 Å². The van der Waals surface area contributed by atoms with Gasteiger partial charge in [0, 0.05) is 36.8 Å². The van der Waals surface area contributed by atoms with Crippen molar-refractivity contribution in [2.45, 2.75) is 29.5 Å². The summed E-state index contributed by atoms with van der Waals surface area (Å²) in [7, 11) is 0. The van der Waals surface area contributed by atoms with E-state index in [0.717, 1.165) is 31.3 Å². The Hall–Kier alpha value is -3.91. The van der Waals surface area contributed by atoms with E-state index in [2.05, 4.69) is 26.2 Å². The van der Waals surface area contributed by atoms with E-state index in [1.54, 1.807) is 67.2 Å². The standard InChI is InChI=1S/C36H29BrClN3O7S2/c1-2-47-35(45)16-3-10-20(11-4-16)41-33(43)28-22-14-23(29(28)34(41)44)30-27(22)26(31-32(49-30)40-36(46)50-31)21-13-17(37)5-12-24(21)48-15-25(42)39-19-8-6-18(38)7-9-19/h3-13,22-23,26-30H,2,14-15H2,1H3,(H,39,42)(H,40,46)/t22?,23?,26-,27?,28?,29?,30?/m1/s1. The van der Waals surface area contributed by atoms with Crippen LogP contribution >= 0.6 is 50.6 Å². The van der Waals surface area contributed by atoms with Crippen molar-refractivity contribution in [2.24, 2.45) is 29.6 Å². The van der Waals surface area contributed by atoms with Gasteiger partial charge in [-0.3, -0.25) is 24.1 Å². The van der Waals surface area contributed by atoms with E-state index in [-0.39, 0.29) is 64.7 Å². The molecule has 3 amide bonds. The molecule has 7 atom stereocenters. The quantitative estimate of drug-likeness (QED) is 0.148. The van der Waals surface area contributed by atoms with Crippen LogP contribution in [0.5, 0.6) is 5.75 Å². The first-order valence-corrected chi connectivity index (χ1v) is 19.0. The van der Waals surface area contributed by atoms with Crippen molar-refractivity contribution in [3.05, 3.63) is 102 Å². The van der Waals surface area contributed by atoms with Crippen LogP contribution in [0, 0.1) is 29.6 Å². The molecule has 6 unspecified atom stereocenters. The number of thioether (sulfide) groups is 1. The number of nitrogens with zero attached hydrogens (tertiary/aromatic N) is 1. The van der Waals surface area contributed by atoms with Gasteiger partial charge in [-0.25, -0.2) is 4.79 Å². The van der Waals surface area contributed by atoms with Gasteiger partial charge in [-0.05, 0) is 97.8 Å². The number of amides is 3. The van der Waals surface area contributed by atoms with E-state index >= 15 is 0 Å². The molecular weight excluding hydrogens is 766 g/mol. The van der Waals surface area contributed by atoms with Crippen molar-refractivity contribution < 1.29 is 28.7 Å². The minimum Gasteiger partial charge on any atom is -0.483 e. The maximum Gasteiger partial charge on any atom is 0.338 e. The number of rotatable bonds is 8. The van der Waals surface area contributed by atoms with Crippen LogP contribution in [0.1, 0.15) is 40.1 Å². The Morgan fingerprint density at radius 1 is 1.00 bits per heavy atom. The summed E-state index contributed by atoms with van der Waals surface area (Å²) >= 11 is 12.3. The van der Waals surface area contributed by atoms with E-state index in [1.165, 1.54) is 4.90 Å². The summed E-state index contributed by atoms with van der Waals surface area (Å²) in [5.41, 5.74) is 2.16. The summed E-state index contributed by atoms with van der Waals surface area (Å²) in [4.78, 5) is 71.2. The van der Waals surface area contributed by atoms with E-state index in [1.807, 2.05) is 18.2 Å². The zero-order valence-corrected chi connectivity index (χ0v) is 30.4. The zero-order valence-electron chi connectivity index (χ0n) is 26.4. The summed E-state index contributed by atoms with van der Waals surface area (Å²) in [6.45, 7) is 1.72. The highest BCUT2D eigenvalue weighted by Gasteiger charge is 2.70. The molecular formula is C36H29BrClN3O7S2. The Bertz CT molecular complexity index is 2100. The Kier molecular flexibility index (Phi) is 8.65. The highest BCUT2D eigenvalue weighted by atomic mass is 79.9. The molecule has 3 fully saturated rings. The lowest BCUT2D eigenvalue weighted by Gasteiger charge is -2.43. The van der Waals surface area contributed by atoms with Gasteiger partial charge in [-0.15, -0.1) is 11.8 Å². The Morgan fingerprint density at radius 2 is 1.72 bits per heavy atom. The van der Waals surface area contributed by atoms with Crippen LogP contribution in [0.15, 0.2) is 81.0 Å². The van der Waals surface area contributed by atoms with Crippen LogP contribution in [0.25, 0.3) is 0 Å². The first kappa shape index (κ1) is 33.2. The molecule has 0 spiro atoms. The number of aromatic amines is 1. The lowest BCUT2D eigenvalue weighted by molar-refractivity contribution is -0.123. The number of halogens is 2. The number of thiazole rings is 1. The largest absolute Gasteiger partial charge is 0.483 e. The van der Waals surface area contributed by atoms with Crippen LogP contribution in [-0.4, -0.2) is 47.1 Å². The molecule has 3 heterocycles. The summed E-state index contributed by atoms with van der Waals surface area (Å²) in [6.07, 6.45) is 0.716. The average Bonchev–Trinajstić information content (AvgIpc) is 3.84. The van der Waals surface area contributed by atoms with E-state index in [9.17, 15) is 24.0 Å². The van der Waals surface area contributed by atoms with E-state index in [4.69, 9.17) is 21.1 Å². The topological polar surface area (TPSA) is 135 Å². The average molecular weight is 795 g/mol. The number of esters is 1. The second-order valence-electron chi connectivity index (χ2n) is 12.8. The van der Waals surface area contributed by atoms with Crippen molar-refractivity contribution >= 4 is 85.7 Å². The number of H-pyrrole nitrogens is 1. The normalized spacial score (nSPS) is 26.0. The van der Waals surface area contributed by atoms with Crippen LogP contribution in [0.2, 0.25) is 5.02 Å². The molecule has 2 aliphatic heterocycles. The van der Waals surface area contributed by atoms with Crippen molar-refractivity contribution in [1.82, 2.24) is 4.98 Å². The van der Waals surface area contributed by atoms with E-state index < -0.39 is 17.8 Å². The van der Waals surface area contributed by atoms with Crippen LogP contribution < -0.4 is 19.8 Å². The predicted molar refractivity (Wildman–Crippen MR) is 193 cm³/mol. The lowest BCUT2D eigenvalue weighted by Crippen LogP contribution is -2.42.